The summed E-state index contributed by atoms with van der Waals surface area (Å²) >= 11 is 0. The van der Waals surface area contributed by atoms with Crippen LogP contribution >= 0.6 is 0 Å². The van der Waals surface area contributed by atoms with Gasteiger partial charge in [-0.25, -0.2) is 0 Å². The molecule has 5 nitrogen and oxygen atoms in total. The fourth-order valence-corrected chi connectivity index (χ4v) is 2.23. The topological polar surface area (TPSA) is 72.8 Å². The zero-order valence-corrected chi connectivity index (χ0v) is 9.54. The van der Waals surface area contributed by atoms with Gasteiger partial charge >= 0.3 is 0 Å². The molecule has 0 aliphatic carbocycles. The third kappa shape index (κ3) is 2.44. The fourth-order valence-electron chi connectivity index (χ4n) is 1.61. The molecule has 1 fully saturated rings. The molecule has 0 aromatic heterocycles. The van der Waals surface area contributed by atoms with Gasteiger partial charge in [-0.2, -0.15) is 8.42 Å². The van der Waals surface area contributed by atoms with Crippen molar-refractivity contribution >= 4 is 10.1 Å². The molecular weight excluding hydrogens is 208 g/mol. The fraction of sp³-hybridized carbons (Fsp3) is 1.00. The first-order chi connectivity index (χ1) is 6.13. The molecule has 0 aromatic rings. The average molecular weight is 224 g/mol. The first-order valence-electron chi connectivity index (χ1n) is 4.45. The molecule has 1 heterocycles. The third-order valence-electron chi connectivity index (χ3n) is 2.28. The van der Waals surface area contributed by atoms with E-state index in [0.717, 1.165) is 0 Å². The van der Waals surface area contributed by atoms with Gasteiger partial charge in [-0.15, -0.1) is 0 Å². The van der Waals surface area contributed by atoms with Crippen LogP contribution in [0.5, 0.6) is 0 Å². The zero-order chi connectivity index (χ0) is 11.1. The molecule has 1 unspecified atom stereocenters. The first-order valence-corrected chi connectivity index (χ1v) is 5.96. The molecule has 1 aliphatic heterocycles. The molecule has 1 N–H and O–H groups in total. The smallest absolute Gasteiger partial charge is 0.270 e. The molecule has 0 aromatic carbocycles. The molecule has 1 aliphatic rings. The van der Waals surface area contributed by atoms with Gasteiger partial charge in [-0.05, 0) is 27.7 Å². The van der Waals surface area contributed by atoms with Crippen LogP contribution in [0.2, 0.25) is 0 Å². The quantitative estimate of drug-likeness (QED) is 0.702. The van der Waals surface area contributed by atoms with Crippen molar-refractivity contribution in [2.45, 2.75) is 50.9 Å². The van der Waals surface area contributed by atoms with E-state index in [-0.39, 0.29) is 6.10 Å². The van der Waals surface area contributed by atoms with Crippen LogP contribution in [0.3, 0.4) is 0 Å². The summed E-state index contributed by atoms with van der Waals surface area (Å²) in [5, 5.41) is -0.973. The van der Waals surface area contributed by atoms with Crippen molar-refractivity contribution in [1.82, 2.24) is 0 Å². The van der Waals surface area contributed by atoms with E-state index < -0.39 is 27.3 Å². The molecule has 0 saturated carbocycles. The highest BCUT2D eigenvalue weighted by Crippen LogP contribution is 2.31. The molecule has 0 radical (unpaired) electrons. The molecule has 84 valence electrons. The highest BCUT2D eigenvalue weighted by molar-refractivity contribution is 7.86. The van der Waals surface area contributed by atoms with Crippen LogP contribution in [0.15, 0.2) is 0 Å². The van der Waals surface area contributed by atoms with E-state index in [1.54, 1.807) is 20.8 Å². The van der Waals surface area contributed by atoms with Gasteiger partial charge in [0.1, 0.15) is 11.4 Å². The summed E-state index contributed by atoms with van der Waals surface area (Å²) in [7, 11) is -4.07. The van der Waals surface area contributed by atoms with Crippen molar-refractivity contribution in [3.63, 3.8) is 0 Å². The van der Waals surface area contributed by atoms with Gasteiger partial charge in [0.05, 0.1) is 6.10 Å². The molecule has 0 amide bonds. The predicted octanol–water partition coefficient (Wildman–Crippen LogP) is 0.803. The molecule has 0 bridgehead atoms. The van der Waals surface area contributed by atoms with Crippen LogP contribution in [-0.4, -0.2) is 36.2 Å². The minimum Gasteiger partial charge on any atom is -0.345 e. The maximum absolute atomic E-state index is 10.9. The molecular formula is C8H16O5S. The van der Waals surface area contributed by atoms with Gasteiger partial charge in [0.25, 0.3) is 10.1 Å². The Morgan fingerprint density at radius 3 is 2.14 bits per heavy atom. The summed E-state index contributed by atoms with van der Waals surface area (Å²) in [6.45, 7) is 6.54. The van der Waals surface area contributed by atoms with Gasteiger partial charge < -0.3 is 9.47 Å². The van der Waals surface area contributed by atoms with E-state index in [4.69, 9.17) is 14.0 Å². The molecule has 1 saturated heterocycles. The van der Waals surface area contributed by atoms with E-state index in [1.807, 2.05) is 0 Å². The van der Waals surface area contributed by atoms with Gasteiger partial charge in [-0.1, -0.05) is 0 Å². The van der Waals surface area contributed by atoms with Crippen molar-refractivity contribution in [2.24, 2.45) is 0 Å². The maximum atomic E-state index is 10.9. The summed E-state index contributed by atoms with van der Waals surface area (Å²) in [6, 6.07) is 0. The van der Waals surface area contributed by atoms with E-state index in [9.17, 15) is 8.42 Å². The Bertz CT molecular complexity index is 308. The van der Waals surface area contributed by atoms with Crippen LogP contribution < -0.4 is 0 Å². The number of ether oxygens (including phenoxy) is 2. The van der Waals surface area contributed by atoms with Crippen molar-refractivity contribution in [1.29, 1.82) is 0 Å². The Kier molecular flexibility index (Phi) is 2.93. The predicted molar refractivity (Wildman–Crippen MR) is 50.5 cm³/mol. The van der Waals surface area contributed by atoms with Gasteiger partial charge in [-0.3, -0.25) is 4.55 Å². The summed E-state index contributed by atoms with van der Waals surface area (Å²) in [5.41, 5.74) is 0. The Balaban J connectivity index is 2.82. The van der Waals surface area contributed by atoms with Gasteiger partial charge in [0, 0.05) is 0 Å². The van der Waals surface area contributed by atoms with E-state index in [0.29, 0.717) is 0 Å². The lowest BCUT2D eigenvalue weighted by atomic mass is 10.2. The van der Waals surface area contributed by atoms with Crippen LogP contribution in [0.1, 0.15) is 27.7 Å². The summed E-state index contributed by atoms with van der Waals surface area (Å²) < 4.78 is 41.4. The highest BCUT2D eigenvalue weighted by Gasteiger charge is 2.45. The molecule has 14 heavy (non-hydrogen) atoms. The lowest BCUT2D eigenvalue weighted by Gasteiger charge is -2.19. The third-order valence-corrected chi connectivity index (χ3v) is 3.49. The molecule has 1 rings (SSSR count). The molecule has 0 spiro atoms. The maximum Gasteiger partial charge on any atom is 0.270 e. The van der Waals surface area contributed by atoms with Crippen molar-refractivity contribution in [2.75, 3.05) is 0 Å². The summed E-state index contributed by atoms with van der Waals surface area (Å²) in [6.07, 6.45) is -0.970. The second-order valence-electron chi connectivity index (χ2n) is 4.03. The average Bonchev–Trinajstić information content (AvgIpc) is 2.21. The van der Waals surface area contributed by atoms with E-state index >= 15 is 0 Å². The van der Waals surface area contributed by atoms with Crippen molar-refractivity contribution in [3.8, 4) is 0 Å². The van der Waals surface area contributed by atoms with Crippen LogP contribution in [-0.2, 0) is 19.6 Å². The second kappa shape index (κ2) is 3.44. The largest absolute Gasteiger partial charge is 0.345 e. The number of rotatable bonds is 2. The lowest BCUT2D eigenvalue weighted by Crippen LogP contribution is -2.37. The Labute approximate surface area is 84.1 Å². The first kappa shape index (κ1) is 11.9. The summed E-state index contributed by atoms with van der Waals surface area (Å²) in [5.74, 6) is -0.789. The highest BCUT2D eigenvalue weighted by atomic mass is 32.2. The van der Waals surface area contributed by atoms with Gasteiger partial charge in [0.15, 0.2) is 5.79 Å². The Morgan fingerprint density at radius 1 is 1.36 bits per heavy atom. The minimum atomic E-state index is -4.07. The van der Waals surface area contributed by atoms with E-state index in [2.05, 4.69) is 0 Å². The van der Waals surface area contributed by atoms with Crippen molar-refractivity contribution < 1.29 is 22.4 Å². The van der Waals surface area contributed by atoms with Crippen LogP contribution in [0, 0.1) is 0 Å². The zero-order valence-electron chi connectivity index (χ0n) is 8.72. The standard InChI is InChI=1S/C8H16O5S/c1-5-7(6(2)14(9,10)11)13-8(3,4)12-5/h5-7H,1-4H3,(H,9,10,11)/t5-,6?,7-/m1/s1. The lowest BCUT2D eigenvalue weighted by molar-refractivity contribution is -0.144. The number of hydrogen-bond donors (Lipinski definition) is 1. The normalized spacial score (nSPS) is 34.4. The Morgan fingerprint density at radius 2 is 1.86 bits per heavy atom. The minimum absolute atomic E-state index is 0.345. The summed E-state index contributed by atoms with van der Waals surface area (Å²) in [4.78, 5) is 0. The number of hydrogen-bond acceptors (Lipinski definition) is 4. The SMILES string of the molecule is CC([C@@H]1OC(C)(C)O[C@@H]1C)S(=O)(=O)O. The van der Waals surface area contributed by atoms with Crippen LogP contribution in [0.25, 0.3) is 0 Å². The van der Waals surface area contributed by atoms with E-state index in [1.165, 1.54) is 6.92 Å². The van der Waals surface area contributed by atoms with Crippen molar-refractivity contribution in [3.05, 3.63) is 0 Å². The van der Waals surface area contributed by atoms with Crippen LogP contribution in [0.4, 0.5) is 0 Å². The molecule has 6 heteroatoms. The van der Waals surface area contributed by atoms with Gasteiger partial charge in [0.2, 0.25) is 0 Å². The molecule has 3 atom stereocenters. The Hall–Kier alpha value is -0.170. The monoisotopic (exact) mass is 224 g/mol. The second-order valence-corrected chi connectivity index (χ2v) is 5.80.